The van der Waals surface area contributed by atoms with Crippen LogP contribution < -0.4 is 4.74 Å². The third-order valence-corrected chi connectivity index (χ3v) is 19.0. The number of aliphatic hydroxyl groups is 1. The topological polar surface area (TPSA) is 181 Å². The summed E-state index contributed by atoms with van der Waals surface area (Å²) in [6.07, 6.45) is 7.17. The lowest BCUT2D eigenvalue weighted by Crippen LogP contribution is -2.48. The fraction of sp³-hybridized carbons (Fsp3) is 0.731. The highest BCUT2D eigenvalue weighted by Crippen LogP contribution is 2.37. The van der Waals surface area contributed by atoms with Gasteiger partial charge in [0.25, 0.3) is 5.69 Å². The van der Waals surface area contributed by atoms with Crippen LogP contribution in [0.5, 0.6) is 5.75 Å². The number of allylic oxidation sites excluding steroid dienone is 2. The fourth-order valence-corrected chi connectivity index (χ4v) is 12.5. The second-order valence-electron chi connectivity index (χ2n) is 18.9. The van der Waals surface area contributed by atoms with Crippen LogP contribution in [0.2, 0.25) is 17.6 Å². The Morgan fingerprint density at radius 3 is 2.19 bits per heavy atom. The molecule has 0 fully saturated rings. The lowest BCUT2D eigenvalue weighted by Gasteiger charge is -2.40. The third-order valence-electron chi connectivity index (χ3n) is 13.7. The maximum absolute atomic E-state index is 14.2. The van der Waals surface area contributed by atoms with Gasteiger partial charge < -0.3 is 47.4 Å². The lowest BCUT2D eigenvalue weighted by atomic mass is 9.81. The molecule has 1 aliphatic heterocycles. The van der Waals surface area contributed by atoms with Crippen molar-refractivity contribution < 1.29 is 61.9 Å². The summed E-state index contributed by atoms with van der Waals surface area (Å²) in [5.74, 6) is -0.737. The zero-order valence-electron chi connectivity index (χ0n) is 43.8. The summed E-state index contributed by atoms with van der Waals surface area (Å²) < 4.78 is 55.1. The van der Waals surface area contributed by atoms with Gasteiger partial charge in [-0.2, -0.15) is 0 Å². The monoisotopic (exact) mass is 978 g/mol. The van der Waals surface area contributed by atoms with Gasteiger partial charge in [-0.25, -0.2) is 4.79 Å². The number of nitro groups is 1. The van der Waals surface area contributed by atoms with Crippen molar-refractivity contribution in [3.05, 3.63) is 70.3 Å². The molecule has 1 heterocycles. The van der Waals surface area contributed by atoms with Crippen LogP contribution in [-0.4, -0.2) is 119 Å². The highest BCUT2D eigenvalue weighted by molar-refractivity contribution is 6.75. The minimum atomic E-state index is -2.34. The van der Waals surface area contributed by atoms with Crippen LogP contribution in [0.4, 0.5) is 10.5 Å². The number of nitro benzene ring substituents is 1. The minimum absolute atomic E-state index is 0.00244. The number of hydrogen-bond acceptors (Lipinski definition) is 14. The summed E-state index contributed by atoms with van der Waals surface area (Å²) in [5, 5.41) is 22.8. The van der Waals surface area contributed by atoms with E-state index in [-0.39, 0.29) is 47.9 Å². The van der Waals surface area contributed by atoms with E-state index in [0.717, 1.165) is 24.1 Å². The van der Waals surface area contributed by atoms with Crippen LogP contribution >= 0.6 is 0 Å². The minimum Gasteiger partial charge on any atom is -0.457 e. The molecule has 1 N–H and O–H groups in total. The summed E-state index contributed by atoms with van der Waals surface area (Å²) in [5.41, 5.74) is -1.15. The highest BCUT2D eigenvalue weighted by Gasteiger charge is 2.42. The summed E-state index contributed by atoms with van der Waals surface area (Å²) in [4.78, 5) is 38.5. The predicted octanol–water partition coefficient (Wildman–Crippen LogP) is 11.1. The van der Waals surface area contributed by atoms with Crippen molar-refractivity contribution in [3.8, 4) is 5.75 Å². The van der Waals surface area contributed by atoms with Crippen LogP contribution in [0.1, 0.15) is 122 Å². The number of hydrogen-bond donors (Lipinski definition) is 1. The number of carbonyl (C=O) groups is 2. The van der Waals surface area contributed by atoms with Gasteiger partial charge in [0.1, 0.15) is 17.5 Å². The van der Waals surface area contributed by atoms with Gasteiger partial charge in [-0.15, -0.1) is 0 Å². The quantitative estimate of drug-likeness (QED) is 0.0122. The molecule has 1 aromatic rings. The maximum atomic E-state index is 14.2. The van der Waals surface area contributed by atoms with Crippen molar-refractivity contribution in [1.82, 2.24) is 0 Å². The zero-order valence-corrected chi connectivity index (χ0v) is 44.8. The number of cyclic esters (lactones) is 1. The van der Waals surface area contributed by atoms with E-state index in [2.05, 4.69) is 41.5 Å². The Hall–Kier alpha value is -3.48. The average molecular weight is 978 g/mol. The number of non-ortho nitro benzene ring substituents is 1. The molecule has 1 aromatic carbocycles. The molecule has 0 saturated carbocycles. The number of benzene rings is 1. The number of methoxy groups -OCH3 is 1. The summed E-state index contributed by atoms with van der Waals surface area (Å²) in [6, 6.07) is 6.87. The maximum Gasteiger partial charge on any atom is 0.514 e. The van der Waals surface area contributed by atoms with E-state index in [4.69, 9.17) is 42.3 Å². The number of carbonyl (C=O) groups excluding carboxylic acids is 2. The molecule has 68 heavy (non-hydrogen) atoms. The smallest absolute Gasteiger partial charge is 0.457 e. The summed E-state index contributed by atoms with van der Waals surface area (Å²) >= 11 is 0. The van der Waals surface area contributed by atoms with Crippen LogP contribution in [0.15, 0.2) is 60.2 Å². The second-order valence-corrected chi connectivity index (χ2v) is 23.8. The van der Waals surface area contributed by atoms with Gasteiger partial charge in [-0.3, -0.25) is 14.9 Å². The molecular formula is C52H87NO14Si. The number of aliphatic hydroxyl groups excluding tert-OH is 1. The van der Waals surface area contributed by atoms with Crippen molar-refractivity contribution >= 4 is 26.1 Å². The molecule has 388 valence electrons. The lowest BCUT2D eigenvalue weighted by molar-refractivity contribution is -0.384. The SMILES string of the molecule is CCOCCOC(C)(/C=C/C=C(\C)C1OC(=O)CC(O[Si](CC)(CC)C(C)C)CCC(C)(OCCOCC)C(OC(=O)Oc2ccc([N+](=O)[O-])cc2)/C=C/C1C)CC(O)C(C)C(C)C(CC)OC. The Bertz CT molecular complexity index is 1730. The first-order chi connectivity index (χ1) is 32.2. The Kier molecular flexibility index (Phi) is 27.0. The van der Waals surface area contributed by atoms with Gasteiger partial charge in [-0.05, 0) is 107 Å². The molecule has 0 saturated heterocycles. The van der Waals surface area contributed by atoms with Crippen molar-refractivity contribution in [1.29, 1.82) is 0 Å². The molecule has 0 amide bonds. The molecule has 0 spiro atoms. The van der Waals surface area contributed by atoms with Crippen molar-refractivity contribution in [2.24, 2.45) is 17.8 Å². The molecule has 0 aliphatic carbocycles. The Balaban J connectivity index is 2.70. The number of esters is 1. The van der Waals surface area contributed by atoms with Crippen LogP contribution in [0.3, 0.4) is 0 Å². The van der Waals surface area contributed by atoms with Crippen molar-refractivity contribution in [2.45, 2.75) is 181 Å². The normalized spacial score (nSPS) is 24.2. The summed E-state index contributed by atoms with van der Waals surface area (Å²) in [7, 11) is -0.638. The Labute approximate surface area is 408 Å². The zero-order chi connectivity index (χ0) is 51.1. The summed E-state index contributed by atoms with van der Waals surface area (Å²) in [6.45, 7) is 28.6. The molecule has 1 aliphatic rings. The largest absolute Gasteiger partial charge is 0.514 e. The van der Waals surface area contributed by atoms with E-state index in [1.54, 1.807) is 13.2 Å². The first kappa shape index (κ1) is 60.6. The Morgan fingerprint density at radius 2 is 1.63 bits per heavy atom. The molecule has 2 rings (SSSR count). The van der Waals surface area contributed by atoms with Gasteiger partial charge in [0, 0.05) is 44.8 Å². The second kappa shape index (κ2) is 30.3. The van der Waals surface area contributed by atoms with Crippen molar-refractivity contribution in [3.63, 3.8) is 0 Å². The molecule has 16 heteroatoms. The van der Waals surface area contributed by atoms with Gasteiger partial charge in [0.15, 0.2) is 14.4 Å². The number of nitrogens with zero attached hydrogens (tertiary/aromatic N) is 1. The first-order valence-electron chi connectivity index (χ1n) is 24.9. The third kappa shape index (κ3) is 19.4. The van der Waals surface area contributed by atoms with Gasteiger partial charge >= 0.3 is 12.1 Å². The van der Waals surface area contributed by atoms with E-state index in [1.165, 1.54) is 24.3 Å². The van der Waals surface area contributed by atoms with Gasteiger partial charge in [-0.1, -0.05) is 79.7 Å². The predicted molar refractivity (Wildman–Crippen MR) is 267 cm³/mol. The van der Waals surface area contributed by atoms with E-state index >= 15 is 0 Å². The Morgan fingerprint density at radius 1 is 1.00 bits per heavy atom. The molecule has 0 radical (unpaired) electrons. The van der Waals surface area contributed by atoms with E-state index in [0.29, 0.717) is 52.3 Å². The molecule has 0 aromatic heterocycles. The molecule has 10 atom stereocenters. The van der Waals surface area contributed by atoms with Crippen molar-refractivity contribution in [2.75, 3.05) is 46.8 Å². The molecule has 10 unspecified atom stereocenters. The molecule has 0 bridgehead atoms. The average Bonchev–Trinajstić information content (AvgIpc) is 3.30. The number of rotatable bonds is 28. The van der Waals surface area contributed by atoms with Crippen LogP contribution in [0.25, 0.3) is 0 Å². The van der Waals surface area contributed by atoms with E-state index in [1.807, 2.05) is 72.8 Å². The highest BCUT2D eigenvalue weighted by atomic mass is 28.4. The molecule has 15 nitrogen and oxygen atoms in total. The first-order valence-corrected chi connectivity index (χ1v) is 27.3. The fourth-order valence-electron chi connectivity index (χ4n) is 8.92. The van der Waals surface area contributed by atoms with Gasteiger partial charge in [0.2, 0.25) is 0 Å². The van der Waals surface area contributed by atoms with Gasteiger partial charge in [0.05, 0.1) is 61.7 Å². The standard InChI is InChI=1S/C52H87NO14Si/c1-15-46(59-14)41(11)40(10)45(54)36-51(12,62-33-31-60-16-2)29-20-21-38(8)49-39(9)22-27-47(65-50(56)64-43-25-23-42(24-26-43)53(57)58)52(13,63-34-32-61-17-3)30-28-44(35-48(55)66-49)67-68(18-4,19-5)37(6)7/h20-27,29,37,39-41,44-47,49,54H,15-19,28,30-36H2,1-14H3/b27-22+,29-20+,38-21+. The van der Waals surface area contributed by atoms with Crippen LogP contribution in [-0.2, 0) is 42.4 Å². The van der Waals surface area contributed by atoms with Crippen LogP contribution in [0, 0.1) is 27.9 Å². The number of ether oxygens (including phenoxy) is 8. The van der Waals surface area contributed by atoms with E-state index < -0.39 is 66.9 Å². The van der Waals surface area contributed by atoms with E-state index in [9.17, 15) is 24.8 Å². The molecular weight excluding hydrogens is 891 g/mol.